The molecule has 1 aromatic heterocycles. The maximum absolute atomic E-state index is 13.6. The van der Waals surface area contributed by atoms with Gasteiger partial charge in [0, 0.05) is 25.7 Å². The highest BCUT2D eigenvalue weighted by atomic mass is 35.5. The molecule has 1 atom stereocenters. The highest BCUT2D eigenvalue weighted by Crippen LogP contribution is 2.22. The van der Waals surface area contributed by atoms with E-state index in [2.05, 4.69) is 10.2 Å². The Bertz CT molecular complexity index is 629. The topological polar surface area (TPSA) is 37.6 Å². The van der Waals surface area contributed by atoms with Gasteiger partial charge in [-0.3, -0.25) is 4.90 Å². The summed E-state index contributed by atoms with van der Waals surface area (Å²) < 4.78 is 24.4. The molecule has 0 radical (unpaired) electrons. The molecule has 23 heavy (non-hydrogen) atoms. The third-order valence-corrected chi connectivity index (χ3v) is 4.19. The number of nitrogens with one attached hydrogen (secondary N) is 1. The number of hydrogen-bond donors (Lipinski definition) is 1. The van der Waals surface area contributed by atoms with E-state index in [4.69, 9.17) is 20.8 Å². The Balaban J connectivity index is 1.67. The Morgan fingerprint density at radius 3 is 2.74 bits per heavy atom. The summed E-state index contributed by atoms with van der Waals surface area (Å²) in [5, 5.41) is 3.76. The largest absolute Gasteiger partial charge is 0.448 e. The quantitative estimate of drug-likeness (QED) is 0.877. The van der Waals surface area contributed by atoms with Crippen molar-refractivity contribution in [3.8, 4) is 0 Å². The molecule has 1 saturated heterocycles. The Morgan fingerprint density at radius 1 is 1.22 bits per heavy atom. The van der Waals surface area contributed by atoms with Crippen LogP contribution in [0.25, 0.3) is 0 Å². The number of benzene rings is 1. The van der Waals surface area contributed by atoms with E-state index in [-0.39, 0.29) is 11.9 Å². The maximum atomic E-state index is 13.6. The second-order valence-corrected chi connectivity index (χ2v) is 5.93. The summed E-state index contributed by atoms with van der Waals surface area (Å²) in [6.45, 7) is 4.38. The molecule has 1 aromatic carbocycles. The predicted octanol–water partition coefficient (Wildman–Crippen LogP) is 3.24. The van der Waals surface area contributed by atoms with Crippen LogP contribution in [0.5, 0.6) is 0 Å². The summed E-state index contributed by atoms with van der Waals surface area (Å²) in [4.78, 5) is 2.32. The van der Waals surface area contributed by atoms with Gasteiger partial charge >= 0.3 is 0 Å². The van der Waals surface area contributed by atoms with Gasteiger partial charge in [-0.2, -0.15) is 0 Å². The van der Waals surface area contributed by atoms with Crippen molar-refractivity contribution in [3.05, 3.63) is 58.8 Å². The van der Waals surface area contributed by atoms with Crippen LogP contribution in [0.1, 0.15) is 17.4 Å². The standard InChI is InChI=1S/C17H20ClFN2O2/c18-17-5-4-15(23-17)11-20-12-16(21-6-8-22-9-7-21)13-2-1-3-14(19)10-13/h1-5,10,16,20H,6-9,11-12H2. The molecule has 1 fully saturated rings. The van der Waals surface area contributed by atoms with E-state index in [9.17, 15) is 4.39 Å². The second-order valence-electron chi connectivity index (χ2n) is 5.56. The number of furan rings is 1. The molecule has 1 unspecified atom stereocenters. The van der Waals surface area contributed by atoms with Crippen LogP contribution in [0, 0.1) is 5.82 Å². The Kier molecular flexibility index (Phi) is 5.67. The fraction of sp³-hybridized carbons (Fsp3) is 0.412. The van der Waals surface area contributed by atoms with Gasteiger partial charge in [0.05, 0.1) is 19.8 Å². The van der Waals surface area contributed by atoms with Gasteiger partial charge < -0.3 is 14.5 Å². The predicted molar refractivity (Wildman–Crippen MR) is 87.0 cm³/mol. The minimum absolute atomic E-state index is 0.0973. The van der Waals surface area contributed by atoms with Crippen molar-refractivity contribution >= 4 is 11.6 Å². The lowest BCUT2D eigenvalue weighted by molar-refractivity contribution is 0.0159. The minimum Gasteiger partial charge on any atom is -0.448 e. The fourth-order valence-electron chi connectivity index (χ4n) is 2.84. The lowest BCUT2D eigenvalue weighted by atomic mass is 10.0. The van der Waals surface area contributed by atoms with E-state index in [0.29, 0.717) is 31.5 Å². The summed E-state index contributed by atoms with van der Waals surface area (Å²) in [5.41, 5.74) is 0.969. The summed E-state index contributed by atoms with van der Waals surface area (Å²) >= 11 is 5.78. The smallest absolute Gasteiger partial charge is 0.193 e. The molecule has 1 aliphatic rings. The molecular weight excluding hydrogens is 319 g/mol. The van der Waals surface area contributed by atoms with Crippen LogP contribution in [0.15, 0.2) is 40.8 Å². The molecule has 2 heterocycles. The first-order valence-electron chi connectivity index (χ1n) is 7.74. The van der Waals surface area contributed by atoms with Crippen LogP contribution in [0.4, 0.5) is 4.39 Å². The van der Waals surface area contributed by atoms with Crippen LogP contribution in [-0.2, 0) is 11.3 Å². The molecular formula is C17H20ClFN2O2. The minimum atomic E-state index is -0.210. The van der Waals surface area contributed by atoms with Gasteiger partial charge in [0.25, 0.3) is 0 Å². The van der Waals surface area contributed by atoms with Crippen LogP contribution in [-0.4, -0.2) is 37.7 Å². The van der Waals surface area contributed by atoms with Crippen molar-refractivity contribution in [3.63, 3.8) is 0 Å². The van der Waals surface area contributed by atoms with E-state index in [1.54, 1.807) is 18.2 Å². The zero-order valence-corrected chi connectivity index (χ0v) is 13.6. The molecule has 1 aliphatic heterocycles. The van der Waals surface area contributed by atoms with E-state index in [0.717, 1.165) is 24.4 Å². The SMILES string of the molecule is Fc1cccc(C(CNCc2ccc(Cl)o2)N2CCOCC2)c1. The van der Waals surface area contributed by atoms with Crippen LogP contribution >= 0.6 is 11.6 Å². The summed E-state index contributed by atoms with van der Waals surface area (Å²) in [5.74, 6) is 0.577. The van der Waals surface area contributed by atoms with Crippen molar-refractivity contribution in [2.24, 2.45) is 0 Å². The molecule has 0 spiro atoms. The first-order chi connectivity index (χ1) is 11.2. The molecule has 0 bridgehead atoms. The number of rotatable bonds is 6. The van der Waals surface area contributed by atoms with Crippen LogP contribution in [0.3, 0.4) is 0 Å². The van der Waals surface area contributed by atoms with Gasteiger partial charge in [-0.1, -0.05) is 12.1 Å². The van der Waals surface area contributed by atoms with Gasteiger partial charge in [0.1, 0.15) is 11.6 Å². The highest BCUT2D eigenvalue weighted by molar-refractivity contribution is 6.28. The summed E-state index contributed by atoms with van der Waals surface area (Å²) in [6, 6.07) is 10.5. The highest BCUT2D eigenvalue weighted by Gasteiger charge is 2.22. The second kappa shape index (κ2) is 7.93. The average Bonchev–Trinajstić information content (AvgIpc) is 2.98. The molecule has 1 N–H and O–H groups in total. The van der Waals surface area contributed by atoms with Gasteiger partial charge in [-0.25, -0.2) is 4.39 Å². The van der Waals surface area contributed by atoms with Gasteiger partial charge in [-0.05, 0) is 41.4 Å². The van der Waals surface area contributed by atoms with E-state index in [1.807, 2.05) is 12.1 Å². The normalized spacial score (nSPS) is 17.3. The van der Waals surface area contributed by atoms with Crippen molar-refractivity contribution in [1.29, 1.82) is 0 Å². The fourth-order valence-corrected chi connectivity index (χ4v) is 3.00. The third kappa shape index (κ3) is 4.54. The van der Waals surface area contributed by atoms with E-state index in [1.165, 1.54) is 6.07 Å². The number of ether oxygens (including phenoxy) is 1. The van der Waals surface area contributed by atoms with Crippen LogP contribution < -0.4 is 5.32 Å². The molecule has 124 valence electrons. The number of halogens is 2. The Labute approximate surface area is 140 Å². The van der Waals surface area contributed by atoms with Gasteiger partial charge in [0.15, 0.2) is 5.22 Å². The van der Waals surface area contributed by atoms with Gasteiger partial charge in [0.2, 0.25) is 0 Å². The van der Waals surface area contributed by atoms with Crippen molar-refractivity contribution in [1.82, 2.24) is 10.2 Å². The zero-order chi connectivity index (χ0) is 16.1. The lowest BCUT2D eigenvalue weighted by Crippen LogP contribution is -2.42. The number of hydrogen-bond acceptors (Lipinski definition) is 4. The first kappa shape index (κ1) is 16.5. The molecule has 3 rings (SSSR count). The lowest BCUT2D eigenvalue weighted by Gasteiger charge is -2.35. The van der Waals surface area contributed by atoms with E-state index >= 15 is 0 Å². The first-order valence-corrected chi connectivity index (χ1v) is 8.12. The molecule has 6 heteroatoms. The van der Waals surface area contributed by atoms with E-state index < -0.39 is 0 Å². The summed E-state index contributed by atoms with van der Waals surface area (Å²) in [7, 11) is 0. The molecule has 2 aromatic rings. The van der Waals surface area contributed by atoms with Crippen molar-refractivity contribution < 1.29 is 13.5 Å². The maximum Gasteiger partial charge on any atom is 0.193 e. The van der Waals surface area contributed by atoms with Crippen molar-refractivity contribution in [2.45, 2.75) is 12.6 Å². The molecule has 0 saturated carbocycles. The Morgan fingerprint density at radius 2 is 2.04 bits per heavy atom. The van der Waals surface area contributed by atoms with Crippen molar-refractivity contribution in [2.75, 3.05) is 32.8 Å². The number of nitrogens with zero attached hydrogens (tertiary/aromatic N) is 1. The molecule has 0 aliphatic carbocycles. The average molecular weight is 339 g/mol. The molecule has 4 nitrogen and oxygen atoms in total. The zero-order valence-electron chi connectivity index (χ0n) is 12.8. The Hall–Kier alpha value is -1.40. The van der Waals surface area contributed by atoms with Gasteiger partial charge in [-0.15, -0.1) is 0 Å². The molecule has 0 amide bonds. The monoisotopic (exact) mass is 338 g/mol. The third-order valence-electron chi connectivity index (χ3n) is 3.99. The number of morpholine rings is 1. The van der Waals surface area contributed by atoms with Crippen LogP contribution in [0.2, 0.25) is 5.22 Å². The summed E-state index contributed by atoms with van der Waals surface area (Å²) in [6.07, 6.45) is 0.